The van der Waals surface area contributed by atoms with Crippen LogP contribution in [0.4, 0.5) is 4.79 Å². The lowest BCUT2D eigenvalue weighted by Gasteiger charge is -2.15. The Morgan fingerprint density at radius 3 is 2.73 bits per heavy atom. The van der Waals surface area contributed by atoms with Gasteiger partial charge >= 0.3 is 12.0 Å². The van der Waals surface area contributed by atoms with Crippen molar-refractivity contribution in [3.05, 3.63) is 36.0 Å². The average molecular weight is 360 g/mol. The second kappa shape index (κ2) is 8.89. The van der Waals surface area contributed by atoms with E-state index in [0.717, 1.165) is 10.9 Å². The minimum absolute atomic E-state index is 0.182. The summed E-state index contributed by atoms with van der Waals surface area (Å²) in [5.74, 6) is -1.42. The molecule has 0 saturated carbocycles. The zero-order valence-corrected chi connectivity index (χ0v) is 14.7. The van der Waals surface area contributed by atoms with E-state index in [0.29, 0.717) is 13.0 Å². The molecule has 5 N–H and O–H groups in total. The van der Waals surface area contributed by atoms with Crippen molar-refractivity contribution in [3.63, 3.8) is 0 Å². The van der Waals surface area contributed by atoms with Crippen LogP contribution in [0.3, 0.4) is 0 Å². The van der Waals surface area contributed by atoms with Gasteiger partial charge in [-0.1, -0.05) is 11.6 Å². The van der Waals surface area contributed by atoms with Crippen molar-refractivity contribution in [2.45, 2.75) is 38.8 Å². The summed E-state index contributed by atoms with van der Waals surface area (Å²) in [5, 5.41) is 15.2. The molecule has 0 radical (unpaired) electrons. The van der Waals surface area contributed by atoms with E-state index in [-0.39, 0.29) is 25.3 Å². The molecule has 0 unspecified atom stereocenters. The molecular weight excluding hydrogens is 336 g/mol. The maximum Gasteiger partial charge on any atom is 0.326 e. The maximum absolute atomic E-state index is 12.1. The molecule has 0 bridgehead atoms. The second-order valence-corrected chi connectivity index (χ2v) is 6.21. The number of hydrogen-bond donors (Lipinski definition) is 4. The Kier molecular flexibility index (Phi) is 6.60. The van der Waals surface area contributed by atoms with Gasteiger partial charge in [0, 0.05) is 31.2 Å². The fraction of sp³-hybridized carbons (Fsp3) is 0.389. The Morgan fingerprint density at radius 1 is 1.27 bits per heavy atom. The van der Waals surface area contributed by atoms with Crippen LogP contribution < -0.4 is 16.4 Å². The fourth-order valence-electron chi connectivity index (χ4n) is 2.78. The predicted octanol–water partition coefficient (Wildman–Crippen LogP) is 1.36. The Bertz CT molecular complexity index is 800. The van der Waals surface area contributed by atoms with Crippen LogP contribution in [-0.4, -0.2) is 40.2 Å². The normalized spacial score (nSPS) is 11.9. The number of urea groups is 1. The van der Waals surface area contributed by atoms with Gasteiger partial charge in [-0.05, 0) is 43.4 Å². The van der Waals surface area contributed by atoms with Crippen molar-refractivity contribution >= 4 is 28.8 Å². The zero-order chi connectivity index (χ0) is 19.1. The molecule has 0 aliphatic heterocycles. The van der Waals surface area contributed by atoms with Crippen LogP contribution in [0.5, 0.6) is 0 Å². The molecule has 3 amide bonds. The third-order valence-electron chi connectivity index (χ3n) is 4.11. The van der Waals surface area contributed by atoms with Crippen molar-refractivity contribution in [3.8, 4) is 0 Å². The van der Waals surface area contributed by atoms with E-state index in [1.165, 1.54) is 5.56 Å². The highest BCUT2D eigenvalue weighted by Gasteiger charge is 2.19. The van der Waals surface area contributed by atoms with E-state index in [1.807, 2.05) is 35.9 Å². The van der Waals surface area contributed by atoms with Crippen LogP contribution in [0.25, 0.3) is 10.9 Å². The van der Waals surface area contributed by atoms with Crippen LogP contribution >= 0.6 is 0 Å². The summed E-state index contributed by atoms with van der Waals surface area (Å²) in [7, 11) is 0. The van der Waals surface area contributed by atoms with Gasteiger partial charge in [0.15, 0.2) is 0 Å². The number of primary amides is 1. The molecule has 0 fully saturated rings. The highest BCUT2D eigenvalue weighted by atomic mass is 16.4. The molecule has 2 aromatic rings. The van der Waals surface area contributed by atoms with E-state index in [4.69, 9.17) is 5.73 Å². The Balaban J connectivity index is 1.85. The van der Waals surface area contributed by atoms with Gasteiger partial charge in [-0.25, -0.2) is 9.59 Å². The molecule has 2 rings (SSSR count). The fourth-order valence-corrected chi connectivity index (χ4v) is 2.78. The highest BCUT2D eigenvalue weighted by Crippen LogP contribution is 2.17. The Morgan fingerprint density at radius 2 is 2.04 bits per heavy atom. The SMILES string of the molecule is Cc1ccc2c(ccn2CCC(=O)N[C@@H](CCCNC(N)=O)C(=O)O)c1. The lowest BCUT2D eigenvalue weighted by Crippen LogP contribution is -2.41. The molecule has 8 heteroatoms. The van der Waals surface area contributed by atoms with Crippen molar-refractivity contribution in [1.29, 1.82) is 0 Å². The van der Waals surface area contributed by atoms with E-state index in [2.05, 4.69) is 16.7 Å². The number of fused-ring (bicyclic) bond motifs is 1. The molecule has 1 aromatic heterocycles. The molecule has 0 aliphatic rings. The number of aliphatic carboxylic acids is 1. The van der Waals surface area contributed by atoms with Gasteiger partial charge in [-0.15, -0.1) is 0 Å². The standard InChI is InChI=1S/C18H24N4O4/c1-12-4-5-15-13(11-12)6-9-22(15)10-7-16(23)21-14(17(24)25)3-2-8-20-18(19)26/h4-6,9,11,14H,2-3,7-8,10H2,1H3,(H,21,23)(H,24,25)(H3,19,20,26)/t14-/m0/s1. The first kappa shape index (κ1) is 19.3. The number of carboxylic acid groups (broad SMARTS) is 1. The number of aryl methyl sites for hydroxylation is 2. The monoisotopic (exact) mass is 360 g/mol. The quantitative estimate of drug-likeness (QED) is 0.504. The van der Waals surface area contributed by atoms with Gasteiger partial charge in [-0.3, -0.25) is 4.79 Å². The summed E-state index contributed by atoms with van der Waals surface area (Å²) in [5.41, 5.74) is 7.15. The molecule has 0 spiro atoms. The average Bonchev–Trinajstić information content (AvgIpc) is 2.97. The van der Waals surface area contributed by atoms with Gasteiger partial charge < -0.3 is 26.0 Å². The van der Waals surface area contributed by atoms with Crippen molar-refractivity contribution < 1.29 is 19.5 Å². The van der Waals surface area contributed by atoms with Crippen molar-refractivity contribution in [2.75, 3.05) is 6.54 Å². The molecule has 8 nitrogen and oxygen atoms in total. The van der Waals surface area contributed by atoms with E-state index >= 15 is 0 Å². The summed E-state index contributed by atoms with van der Waals surface area (Å²) < 4.78 is 1.97. The molecule has 1 atom stereocenters. The number of nitrogens with zero attached hydrogens (tertiary/aromatic N) is 1. The van der Waals surface area contributed by atoms with E-state index < -0.39 is 18.0 Å². The largest absolute Gasteiger partial charge is 0.480 e. The number of aromatic nitrogens is 1. The van der Waals surface area contributed by atoms with Crippen LogP contribution in [0, 0.1) is 6.92 Å². The second-order valence-electron chi connectivity index (χ2n) is 6.21. The van der Waals surface area contributed by atoms with Gasteiger partial charge in [0.05, 0.1) is 0 Å². The van der Waals surface area contributed by atoms with Crippen molar-refractivity contribution in [2.24, 2.45) is 5.73 Å². The molecule has 140 valence electrons. The molecule has 1 aromatic carbocycles. The Labute approximate surface area is 151 Å². The molecular formula is C18H24N4O4. The first-order valence-electron chi connectivity index (χ1n) is 8.48. The molecule has 1 heterocycles. The number of nitrogens with two attached hydrogens (primary N) is 1. The van der Waals surface area contributed by atoms with Gasteiger partial charge in [-0.2, -0.15) is 0 Å². The minimum atomic E-state index is -1.10. The molecule has 26 heavy (non-hydrogen) atoms. The van der Waals surface area contributed by atoms with Crippen molar-refractivity contribution in [1.82, 2.24) is 15.2 Å². The number of nitrogens with one attached hydrogen (secondary N) is 2. The van der Waals surface area contributed by atoms with Crippen LogP contribution in [0.15, 0.2) is 30.5 Å². The molecule has 0 saturated heterocycles. The van der Waals surface area contributed by atoms with E-state index in [9.17, 15) is 19.5 Å². The number of hydrogen-bond acceptors (Lipinski definition) is 3. The number of benzene rings is 1. The lowest BCUT2D eigenvalue weighted by atomic mass is 10.1. The lowest BCUT2D eigenvalue weighted by molar-refractivity contribution is -0.142. The third kappa shape index (κ3) is 5.51. The summed E-state index contributed by atoms with van der Waals surface area (Å²) in [6.07, 6.45) is 2.72. The third-order valence-corrected chi connectivity index (χ3v) is 4.11. The number of rotatable bonds is 9. The number of carbonyl (C=O) groups is 3. The highest BCUT2D eigenvalue weighted by molar-refractivity contribution is 5.84. The first-order valence-corrected chi connectivity index (χ1v) is 8.48. The Hall–Kier alpha value is -3.03. The van der Waals surface area contributed by atoms with Crippen LogP contribution in [0.1, 0.15) is 24.8 Å². The first-order chi connectivity index (χ1) is 12.4. The van der Waals surface area contributed by atoms with Gasteiger partial charge in [0.2, 0.25) is 5.91 Å². The van der Waals surface area contributed by atoms with E-state index in [1.54, 1.807) is 0 Å². The minimum Gasteiger partial charge on any atom is -0.480 e. The zero-order valence-electron chi connectivity index (χ0n) is 14.7. The molecule has 0 aliphatic carbocycles. The summed E-state index contributed by atoms with van der Waals surface area (Å²) in [6, 6.07) is 6.45. The van der Waals surface area contributed by atoms with Crippen LogP contribution in [0.2, 0.25) is 0 Å². The number of carbonyl (C=O) groups excluding carboxylic acids is 2. The smallest absolute Gasteiger partial charge is 0.326 e. The number of carboxylic acids is 1. The number of amides is 3. The summed E-state index contributed by atoms with van der Waals surface area (Å²) >= 11 is 0. The topological polar surface area (TPSA) is 126 Å². The van der Waals surface area contributed by atoms with Gasteiger partial charge in [0.1, 0.15) is 6.04 Å². The maximum atomic E-state index is 12.1. The summed E-state index contributed by atoms with van der Waals surface area (Å²) in [4.78, 5) is 34.0. The predicted molar refractivity (Wildman–Crippen MR) is 97.7 cm³/mol. The van der Waals surface area contributed by atoms with Crippen LogP contribution in [-0.2, 0) is 16.1 Å². The van der Waals surface area contributed by atoms with Gasteiger partial charge in [0.25, 0.3) is 0 Å². The summed E-state index contributed by atoms with van der Waals surface area (Å²) in [6.45, 7) is 2.76.